The van der Waals surface area contributed by atoms with Gasteiger partial charge in [-0.1, -0.05) is 17.7 Å². The standard InChI is InChI=1S/C13H14ClF3N2O3S.C11H9FN2O/c14-10-2-1-9(23-10)11(20)18-7-5-8(12(21)22)19(6-7)4-3-13(15,16)17;12-9-7-8(4-5-10(9)13)14-6-2-1-3-11(14)15/h1-2,7-8H,3-6H2,(H,18,20)(H,21,22);1-7H,13H2. The van der Waals surface area contributed by atoms with Crippen LogP contribution in [0.5, 0.6) is 0 Å². The summed E-state index contributed by atoms with van der Waals surface area (Å²) in [7, 11) is 0. The van der Waals surface area contributed by atoms with Crippen molar-refractivity contribution in [3.8, 4) is 5.69 Å². The lowest BCUT2D eigenvalue weighted by Crippen LogP contribution is -2.39. The van der Waals surface area contributed by atoms with Crippen molar-refractivity contribution in [1.82, 2.24) is 14.8 Å². The number of hydrogen-bond acceptors (Lipinski definition) is 6. The van der Waals surface area contributed by atoms with Gasteiger partial charge in [-0.25, -0.2) is 4.39 Å². The van der Waals surface area contributed by atoms with Gasteiger partial charge in [0, 0.05) is 37.5 Å². The Morgan fingerprint density at radius 3 is 2.50 bits per heavy atom. The van der Waals surface area contributed by atoms with Crippen molar-refractivity contribution in [1.29, 1.82) is 0 Å². The molecular formula is C24H23ClF4N4O4S. The van der Waals surface area contributed by atoms with Gasteiger partial charge < -0.3 is 16.2 Å². The maximum atomic E-state index is 13.2. The molecule has 3 heterocycles. The molecule has 2 aromatic heterocycles. The molecule has 8 nitrogen and oxygen atoms in total. The summed E-state index contributed by atoms with van der Waals surface area (Å²) in [5, 5.41) is 11.8. The second kappa shape index (κ2) is 12.4. The van der Waals surface area contributed by atoms with E-state index in [2.05, 4.69) is 5.32 Å². The number of hydrogen-bond donors (Lipinski definition) is 3. The van der Waals surface area contributed by atoms with Gasteiger partial charge in [0.05, 0.1) is 27.0 Å². The van der Waals surface area contributed by atoms with Gasteiger partial charge in [-0.05, 0) is 36.8 Å². The first-order valence-corrected chi connectivity index (χ1v) is 12.4. The summed E-state index contributed by atoms with van der Waals surface area (Å²) in [5.74, 6) is -2.12. The SMILES string of the molecule is Nc1ccc(-n2ccccc2=O)cc1F.O=C(NC1CC(C(=O)O)N(CCC(F)(F)F)C1)c1ccc(Cl)s1. The minimum atomic E-state index is -4.35. The van der Waals surface area contributed by atoms with Crippen LogP contribution in [0.2, 0.25) is 4.34 Å². The molecule has 1 amide bonds. The fraction of sp³-hybridized carbons (Fsp3) is 0.292. The molecule has 0 radical (unpaired) electrons. The molecule has 1 saturated heterocycles. The van der Waals surface area contributed by atoms with E-state index < -0.39 is 48.9 Å². The van der Waals surface area contributed by atoms with E-state index in [9.17, 15) is 31.9 Å². The van der Waals surface area contributed by atoms with Crippen LogP contribution in [0.1, 0.15) is 22.5 Å². The van der Waals surface area contributed by atoms with Gasteiger partial charge in [-0.3, -0.25) is 23.9 Å². The Kier molecular flexibility index (Phi) is 9.52. The highest BCUT2D eigenvalue weighted by molar-refractivity contribution is 7.18. The Labute approximate surface area is 223 Å². The second-order valence-electron chi connectivity index (χ2n) is 8.34. The predicted octanol–water partition coefficient (Wildman–Crippen LogP) is 4.17. The summed E-state index contributed by atoms with van der Waals surface area (Å²) in [6, 6.07) is 10.6. The van der Waals surface area contributed by atoms with Crippen LogP contribution >= 0.6 is 22.9 Å². The molecule has 4 rings (SSSR count). The van der Waals surface area contributed by atoms with Gasteiger partial charge in [0.25, 0.3) is 11.5 Å². The number of rotatable bonds is 6. The van der Waals surface area contributed by atoms with Crippen LogP contribution in [0.25, 0.3) is 5.69 Å². The number of aliphatic carboxylic acids is 1. The molecule has 0 saturated carbocycles. The highest BCUT2D eigenvalue weighted by Crippen LogP contribution is 2.26. The van der Waals surface area contributed by atoms with E-state index >= 15 is 0 Å². The monoisotopic (exact) mass is 574 g/mol. The summed E-state index contributed by atoms with van der Waals surface area (Å²) in [4.78, 5) is 36.2. The van der Waals surface area contributed by atoms with Gasteiger partial charge in [0.1, 0.15) is 11.9 Å². The Morgan fingerprint density at radius 1 is 1.18 bits per heavy atom. The Bertz CT molecular complexity index is 1350. The number of carboxylic acid groups (broad SMARTS) is 1. The number of nitrogens with two attached hydrogens (primary N) is 1. The highest BCUT2D eigenvalue weighted by atomic mass is 35.5. The molecule has 2 atom stereocenters. The van der Waals surface area contributed by atoms with E-state index in [0.29, 0.717) is 14.9 Å². The zero-order chi connectivity index (χ0) is 28.0. The molecule has 14 heteroatoms. The summed E-state index contributed by atoms with van der Waals surface area (Å²) in [6.45, 7) is -0.338. The number of nitrogens with zero attached hydrogens (tertiary/aromatic N) is 2. The first kappa shape index (κ1) is 29.1. The number of amides is 1. The largest absolute Gasteiger partial charge is 0.480 e. The number of carboxylic acids is 1. The van der Waals surface area contributed by atoms with Crippen LogP contribution in [0.15, 0.2) is 59.5 Å². The molecule has 1 aliphatic rings. The summed E-state index contributed by atoms with van der Waals surface area (Å²) >= 11 is 6.81. The number of carbonyl (C=O) groups is 2. The summed E-state index contributed by atoms with van der Waals surface area (Å²) in [6.07, 6.45) is -3.79. The number of alkyl halides is 3. The lowest BCUT2D eigenvalue weighted by Gasteiger charge is -2.21. The Morgan fingerprint density at radius 2 is 1.92 bits per heavy atom. The van der Waals surface area contributed by atoms with Crippen molar-refractivity contribution in [2.45, 2.75) is 31.1 Å². The Hall–Kier alpha value is -3.42. The second-order valence-corrected chi connectivity index (χ2v) is 10.1. The molecule has 1 aromatic carbocycles. The van der Waals surface area contributed by atoms with Crippen molar-refractivity contribution in [2.24, 2.45) is 0 Å². The molecule has 2 unspecified atom stereocenters. The summed E-state index contributed by atoms with van der Waals surface area (Å²) in [5.41, 5.74) is 5.67. The maximum Gasteiger partial charge on any atom is 0.390 e. The quantitative estimate of drug-likeness (QED) is 0.300. The third-order valence-corrected chi connectivity index (χ3v) is 6.82. The van der Waals surface area contributed by atoms with E-state index in [4.69, 9.17) is 22.4 Å². The third kappa shape index (κ3) is 8.04. The zero-order valence-corrected chi connectivity index (χ0v) is 21.2. The number of benzene rings is 1. The molecule has 38 heavy (non-hydrogen) atoms. The van der Waals surface area contributed by atoms with E-state index in [1.165, 1.54) is 33.7 Å². The highest BCUT2D eigenvalue weighted by Gasteiger charge is 2.39. The topological polar surface area (TPSA) is 118 Å². The minimum absolute atomic E-state index is 0.0674. The van der Waals surface area contributed by atoms with E-state index in [-0.39, 0.29) is 24.2 Å². The van der Waals surface area contributed by atoms with Gasteiger partial charge in [0.15, 0.2) is 0 Å². The van der Waals surface area contributed by atoms with Gasteiger partial charge >= 0.3 is 12.1 Å². The number of aromatic nitrogens is 1. The van der Waals surface area contributed by atoms with Gasteiger partial charge in [-0.15, -0.1) is 11.3 Å². The summed E-state index contributed by atoms with van der Waals surface area (Å²) < 4.78 is 51.9. The number of anilines is 1. The number of halogens is 5. The number of pyridine rings is 1. The lowest BCUT2D eigenvalue weighted by molar-refractivity contribution is -0.148. The molecular weight excluding hydrogens is 552 g/mol. The van der Waals surface area contributed by atoms with Crippen molar-refractivity contribution in [3.63, 3.8) is 0 Å². The molecule has 1 aliphatic heterocycles. The van der Waals surface area contributed by atoms with E-state index in [1.54, 1.807) is 30.5 Å². The van der Waals surface area contributed by atoms with Gasteiger partial charge in [-0.2, -0.15) is 13.2 Å². The fourth-order valence-corrected chi connectivity index (χ4v) is 4.73. The minimum Gasteiger partial charge on any atom is -0.480 e. The van der Waals surface area contributed by atoms with Crippen LogP contribution in [-0.4, -0.2) is 57.8 Å². The average molecular weight is 575 g/mol. The van der Waals surface area contributed by atoms with Gasteiger partial charge in [0.2, 0.25) is 0 Å². The van der Waals surface area contributed by atoms with Crippen LogP contribution < -0.4 is 16.6 Å². The number of carbonyl (C=O) groups excluding carboxylic acids is 1. The molecule has 3 aromatic rings. The van der Waals surface area contributed by atoms with E-state index in [0.717, 1.165) is 11.3 Å². The molecule has 204 valence electrons. The molecule has 0 bridgehead atoms. The smallest absolute Gasteiger partial charge is 0.390 e. The van der Waals surface area contributed by atoms with Crippen LogP contribution in [0, 0.1) is 5.82 Å². The van der Waals surface area contributed by atoms with Crippen LogP contribution in [-0.2, 0) is 4.79 Å². The van der Waals surface area contributed by atoms with Crippen LogP contribution in [0.4, 0.5) is 23.2 Å². The first-order chi connectivity index (χ1) is 17.8. The van der Waals surface area contributed by atoms with Crippen molar-refractivity contribution in [2.75, 3.05) is 18.8 Å². The maximum absolute atomic E-state index is 13.2. The van der Waals surface area contributed by atoms with Crippen LogP contribution in [0.3, 0.4) is 0 Å². The third-order valence-electron chi connectivity index (χ3n) is 5.59. The number of nitrogens with one attached hydrogen (secondary N) is 1. The molecule has 0 aliphatic carbocycles. The van der Waals surface area contributed by atoms with Crippen molar-refractivity contribution < 1.29 is 32.3 Å². The van der Waals surface area contributed by atoms with E-state index in [1.807, 2.05) is 0 Å². The normalized spacial score (nSPS) is 17.5. The number of likely N-dealkylation sites (tertiary alicyclic amines) is 1. The fourth-order valence-electron chi connectivity index (χ4n) is 3.78. The van der Waals surface area contributed by atoms with Crippen molar-refractivity contribution in [3.05, 3.63) is 80.1 Å². The zero-order valence-electron chi connectivity index (χ0n) is 19.6. The molecule has 0 spiro atoms. The molecule has 1 fully saturated rings. The predicted molar refractivity (Wildman–Crippen MR) is 135 cm³/mol. The average Bonchev–Trinajstić information content (AvgIpc) is 3.46. The molecule has 4 N–H and O–H groups in total. The lowest BCUT2D eigenvalue weighted by atomic mass is 10.1. The Balaban J connectivity index is 0.000000230. The van der Waals surface area contributed by atoms with Crippen molar-refractivity contribution >= 4 is 40.5 Å². The number of nitrogen functional groups attached to an aromatic ring is 1. The first-order valence-electron chi connectivity index (χ1n) is 11.2. The number of thiophene rings is 1.